The molecule has 0 radical (unpaired) electrons. The van der Waals surface area contributed by atoms with Gasteiger partial charge in [-0.25, -0.2) is 4.98 Å². The summed E-state index contributed by atoms with van der Waals surface area (Å²) in [4.78, 5) is 7.20. The number of piperidine rings is 1. The number of halogens is 1. The number of nitrogens with zero attached hydrogens (tertiary/aromatic N) is 3. The zero-order chi connectivity index (χ0) is 12.5. The second-order valence-electron chi connectivity index (χ2n) is 5.06. The summed E-state index contributed by atoms with van der Waals surface area (Å²) in [5, 5.41) is 0.755. The van der Waals surface area contributed by atoms with Crippen LogP contribution in [0.3, 0.4) is 0 Å². The van der Waals surface area contributed by atoms with Crippen molar-refractivity contribution >= 4 is 22.6 Å². The van der Waals surface area contributed by atoms with Crippen molar-refractivity contribution in [3.63, 3.8) is 0 Å². The number of fused-ring (bicyclic) bond motifs is 1. The molecule has 0 saturated carbocycles. The highest BCUT2D eigenvalue weighted by Gasteiger charge is 2.14. The molecule has 0 N–H and O–H groups in total. The number of imidazole rings is 1. The molecule has 2 aromatic rings. The molecule has 3 nitrogen and oxygen atoms in total. The first-order chi connectivity index (χ1) is 8.74. The molecule has 96 valence electrons. The molecule has 3 rings (SSSR count). The van der Waals surface area contributed by atoms with Crippen molar-refractivity contribution in [3.8, 4) is 0 Å². The number of aromatic nitrogens is 2. The number of aryl methyl sites for hydroxylation is 1. The zero-order valence-corrected chi connectivity index (χ0v) is 11.5. The Kier molecular flexibility index (Phi) is 3.27. The summed E-state index contributed by atoms with van der Waals surface area (Å²) in [6.07, 6.45) is 4.00. The minimum atomic E-state index is 0.755. The number of hydrogen-bond acceptors (Lipinski definition) is 2. The number of benzene rings is 1. The van der Waals surface area contributed by atoms with Gasteiger partial charge in [-0.2, -0.15) is 0 Å². The van der Waals surface area contributed by atoms with Crippen LogP contribution in [0.4, 0.5) is 0 Å². The third-order valence-electron chi connectivity index (χ3n) is 3.75. The van der Waals surface area contributed by atoms with Crippen LogP contribution in [-0.4, -0.2) is 27.5 Å². The first-order valence-electron chi connectivity index (χ1n) is 6.57. The Morgan fingerprint density at radius 2 is 2.00 bits per heavy atom. The largest absolute Gasteiger partial charge is 0.330 e. The van der Waals surface area contributed by atoms with Crippen molar-refractivity contribution in [3.05, 3.63) is 29.0 Å². The molecule has 0 bridgehead atoms. The van der Waals surface area contributed by atoms with Gasteiger partial charge in [-0.3, -0.25) is 4.90 Å². The second kappa shape index (κ2) is 4.90. The average Bonchev–Trinajstić information content (AvgIpc) is 2.67. The van der Waals surface area contributed by atoms with E-state index in [0.717, 1.165) is 28.4 Å². The van der Waals surface area contributed by atoms with E-state index < -0.39 is 0 Å². The third kappa shape index (κ3) is 2.25. The van der Waals surface area contributed by atoms with Crippen molar-refractivity contribution in [1.29, 1.82) is 0 Å². The first-order valence-corrected chi connectivity index (χ1v) is 6.95. The van der Waals surface area contributed by atoms with Crippen LogP contribution in [0.5, 0.6) is 0 Å². The lowest BCUT2D eigenvalue weighted by Gasteiger charge is -2.25. The number of hydrogen-bond donors (Lipinski definition) is 0. The maximum absolute atomic E-state index is 6.01. The summed E-state index contributed by atoms with van der Waals surface area (Å²) in [5.74, 6) is 1.13. The summed E-state index contributed by atoms with van der Waals surface area (Å²) in [6.45, 7) is 3.34. The minimum Gasteiger partial charge on any atom is -0.330 e. The van der Waals surface area contributed by atoms with Crippen LogP contribution in [-0.2, 0) is 13.6 Å². The number of rotatable bonds is 2. The Labute approximate surface area is 112 Å². The fraction of sp³-hybridized carbons (Fsp3) is 0.500. The topological polar surface area (TPSA) is 21.1 Å². The molecule has 1 aromatic heterocycles. The molecule has 0 unspecified atom stereocenters. The van der Waals surface area contributed by atoms with Crippen molar-refractivity contribution < 1.29 is 0 Å². The summed E-state index contributed by atoms with van der Waals surface area (Å²) < 4.78 is 2.18. The Hall–Kier alpha value is -1.06. The lowest BCUT2D eigenvalue weighted by atomic mass is 10.1. The van der Waals surface area contributed by atoms with E-state index >= 15 is 0 Å². The Balaban J connectivity index is 1.89. The van der Waals surface area contributed by atoms with Crippen molar-refractivity contribution in [2.75, 3.05) is 13.1 Å². The molecule has 1 aliphatic rings. The normalized spacial score (nSPS) is 17.4. The third-order valence-corrected chi connectivity index (χ3v) is 3.98. The molecule has 1 saturated heterocycles. The summed E-state index contributed by atoms with van der Waals surface area (Å²) >= 11 is 6.01. The van der Waals surface area contributed by atoms with Gasteiger partial charge >= 0.3 is 0 Å². The fourth-order valence-electron chi connectivity index (χ4n) is 2.68. The van der Waals surface area contributed by atoms with E-state index in [4.69, 9.17) is 16.6 Å². The second-order valence-corrected chi connectivity index (χ2v) is 5.49. The van der Waals surface area contributed by atoms with E-state index in [-0.39, 0.29) is 0 Å². The van der Waals surface area contributed by atoms with E-state index in [2.05, 4.69) is 16.5 Å². The van der Waals surface area contributed by atoms with Crippen LogP contribution in [0.1, 0.15) is 25.1 Å². The van der Waals surface area contributed by atoms with Crippen LogP contribution < -0.4 is 0 Å². The number of likely N-dealkylation sites (tertiary alicyclic amines) is 1. The van der Waals surface area contributed by atoms with Crippen LogP contribution in [0, 0.1) is 0 Å². The smallest absolute Gasteiger partial charge is 0.123 e. The SMILES string of the molecule is Cn1c(CN2CCCCC2)nc2cc(Cl)ccc21. The van der Waals surface area contributed by atoms with Crippen molar-refractivity contribution in [2.45, 2.75) is 25.8 Å². The van der Waals surface area contributed by atoms with E-state index in [1.807, 2.05) is 18.2 Å². The predicted octanol–water partition coefficient (Wildman–Crippen LogP) is 3.21. The molecule has 0 spiro atoms. The standard InChI is InChI=1S/C14H18ClN3/c1-17-13-6-5-11(15)9-12(13)16-14(17)10-18-7-3-2-4-8-18/h5-6,9H,2-4,7-8,10H2,1H3. The maximum atomic E-state index is 6.01. The highest BCUT2D eigenvalue weighted by Crippen LogP contribution is 2.21. The molecule has 2 heterocycles. The van der Waals surface area contributed by atoms with Gasteiger partial charge in [0.05, 0.1) is 17.6 Å². The van der Waals surface area contributed by atoms with Crippen LogP contribution in [0.25, 0.3) is 11.0 Å². The van der Waals surface area contributed by atoms with Gasteiger partial charge in [-0.15, -0.1) is 0 Å². The lowest BCUT2D eigenvalue weighted by molar-refractivity contribution is 0.214. The predicted molar refractivity (Wildman–Crippen MR) is 74.9 cm³/mol. The van der Waals surface area contributed by atoms with Gasteiger partial charge in [0.2, 0.25) is 0 Å². The van der Waals surface area contributed by atoms with E-state index in [0.29, 0.717) is 0 Å². The Morgan fingerprint density at radius 1 is 1.22 bits per heavy atom. The summed E-state index contributed by atoms with van der Waals surface area (Å²) in [5.41, 5.74) is 2.16. The molecule has 1 aromatic carbocycles. The minimum absolute atomic E-state index is 0.755. The molecule has 1 fully saturated rings. The summed E-state index contributed by atoms with van der Waals surface area (Å²) in [6, 6.07) is 5.91. The van der Waals surface area contributed by atoms with Gasteiger partial charge in [0.25, 0.3) is 0 Å². The van der Waals surface area contributed by atoms with Crippen LogP contribution in [0.15, 0.2) is 18.2 Å². The molecular formula is C14H18ClN3. The van der Waals surface area contributed by atoms with E-state index in [1.165, 1.54) is 32.4 Å². The lowest BCUT2D eigenvalue weighted by Crippen LogP contribution is -2.30. The van der Waals surface area contributed by atoms with Crippen molar-refractivity contribution in [2.24, 2.45) is 7.05 Å². The monoisotopic (exact) mass is 263 g/mol. The van der Waals surface area contributed by atoms with Gasteiger partial charge in [-0.1, -0.05) is 18.0 Å². The van der Waals surface area contributed by atoms with Gasteiger partial charge in [0.15, 0.2) is 0 Å². The molecule has 0 amide bonds. The average molecular weight is 264 g/mol. The Morgan fingerprint density at radius 3 is 2.78 bits per heavy atom. The molecule has 0 atom stereocenters. The quantitative estimate of drug-likeness (QED) is 0.830. The van der Waals surface area contributed by atoms with Gasteiger partial charge in [-0.05, 0) is 44.1 Å². The van der Waals surface area contributed by atoms with E-state index in [1.54, 1.807) is 0 Å². The highest BCUT2D eigenvalue weighted by atomic mass is 35.5. The molecule has 1 aliphatic heterocycles. The first kappa shape index (κ1) is 12.0. The highest BCUT2D eigenvalue weighted by molar-refractivity contribution is 6.31. The Bertz CT molecular complexity index is 555. The molecule has 0 aliphatic carbocycles. The van der Waals surface area contributed by atoms with Crippen LogP contribution >= 0.6 is 11.6 Å². The zero-order valence-electron chi connectivity index (χ0n) is 10.7. The van der Waals surface area contributed by atoms with Gasteiger partial charge < -0.3 is 4.57 Å². The van der Waals surface area contributed by atoms with E-state index in [9.17, 15) is 0 Å². The van der Waals surface area contributed by atoms with Gasteiger partial charge in [0.1, 0.15) is 5.82 Å². The van der Waals surface area contributed by atoms with Gasteiger partial charge in [0, 0.05) is 12.1 Å². The molecular weight excluding hydrogens is 246 g/mol. The van der Waals surface area contributed by atoms with Crippen molar-refractivity contribution in [1.82, 2.24) is 14.5 Å². The molecule has 18 heavy (non-hydrogen) atoms. The maximum Gasteiger partial charge on any atom is 0.123 e. The van der Waals surface area contributed by atoms with Crippen LogP contribution in [0.2, 0.25) is 5.02 Å². The molecule has 4 heteroatoms. The fourth-order valence-corrected chi connectivity index (χ4v) is 2.85. The summed E-state index contributed by atoms with van der Waals surface area (Å²) in [7, 11) is 2.09.